The number of benzene rings is 2. The zero-order valence-electron chi connectivity index (χ0n) is 18.9. The van der Waals surface area contributed by atoms with Crippen molar-refractivity contribution < 1.29 is 26.6 Å². The van der Waals surface area contributed by atoms with Crippen LogP contribution in [0.15, 0.2) is 64.1 Å². The van der Waals surface area contributed by atoms with Gasteiger partial charge in [-0.1, -0.05) is 54.5 Å². The molecule has 1 unspecified atom stereocenters. The van der Waals surface area contributed by atoms with Gasteiger partial charge < -0.3 is 19.9 Å². The molecular weight excluding hydrogens is 463 g/mol. The Balaban J connectivity index is 0.000000588. The molecule has 1 atom stereocenters. The number of rotatable bonds is 4. The van der Waals surface area contributed by atoms with Gasteiger partial charge in [0.15, 0.2) is 5.96 Å². The third-order valence-corrected chi connectivity index (χ3v) is 5.11. The topological polar surface area (TPSA) is 131 Å². The van der Waals surface area contributed by atoms with Crippen LogP contribution in [0.3, 0.4) is 0 Å². The number of aliphatic imine (C=N–C) groups is 1. The van der Waals surface area contributed by atoms with Gasteiger partial charge in [0.05, 0.1) is 25.2 Å². The van der Waals surface area contributed by atoms with Crippen molar-refractivity contribution in [1.82, 2.24) is 10.1 Å². The second-order valence-electron chi connectivity index (χ2n) is 7.72. The van der Waals surface area contributed by atoms with Gasteiger partial charge in [-0.2, -0.15) is 13.4 Å². The first-order chi connectivity index (χ1) is 16.1. The van der Waals surface area contributed by atoms with Gasteiger partial charge in [0.2, 0.25) is 0 Å². The predicted molar refractivity (Wildman–Crippen MR) is 127 cm³/mol. The normalized spacial score (nSPS) is 15.4. The van der Waals surface area contributed by atoms with Crippen LogP contribution < -0.4 is 5.73 Å². The van der Waals surface area contributed by atoms with Gasteiger partial charge in [0.1, 0.15) is 5.82 Å². The first kappa shape index (κ1) is 25.3. The molecule has 4 rings (SSSR count). The maximum Gasteiger partial charge on any atom is 0.261 e. The minimum Gasteiger partial charge on any atom is -0.378 e. The lowest BCUT2D eigenvalue weighted by atomic mass is 9.95. The average molecular weight is 491 g/mol. The fourth-order valence-electron chi connectivity index (χ4n) is 3.33. The lowest BCUT2D eigenvalue weighted by Gasteiger charge is -2.27. The van der Waals surface area contributed by atoms with E-state index in [1.54, 1.807) is 18.2 Å². The Morgan fingerprint density at radius 3 is 2.41 bits per heavy atom. The van der Waals surface area contributed by atoms with Gasteiger partial charge in [-0.25, -0.2) is 4.39 Å². The molecule has 3 N–H and O–H groups in total. The maximum atomic E-state index is 14.0. The van der Waals surface area contributed by atoms with Gasteiger partial charge >= 0.3 is 0 Å². The van der Waals surface area contributed by atoms with Crippen LogP contribution in [0, 0.1) is 5.82 Å². The van der Waals surface area contributed by atoms with Crippen molar-refractivity contribution in [3.05, 3.63) is 71.7 Å². The predicted octanol–water partition coefficient (Wildman–Crippen LogP) is 3.41. The Morgan fingerprint density at radius 2 is 1.79 bits per heavy atom. The minimum absolute atomic E-state index is 0.00183. The van der Waals surface area contributed by atoms with Gasteiger partial charge in [-0.05, 0) is 17.2 Å². The summed E-state index contributed by atoms with van der Waals surface area (Å²) in [5, 5.41) is 4.14. The Morgan fingerprint density at radius 1 is 1.18 bits per heavy atom. The largest absolute Gasteiger partial charge is 0.378 e. The van der Waals surface area contributed by atoms with Crippen LogP contribution in [0.5, 0.6) is 0 Å². The van der Waals surface area contributed by atoms with Crippen molar-refractivity contribution in [1.29, 1.82) is 0 Å². The lowest BCUT2D eigenvalue weighted by Crippen LogP contribution is -2.44. The minimum atomic E-state index is -3.67. The molecule has 1 aliphatic heterocycles. The van der Waals surface area contributed by atoms with Crippen LogP contribution in [-0.4, -0.2) is 61.5 Å². The first-order valence-corrected chi connectivity index (χ1v) is 12.4. The summed E-state index contributed by atoms with van der Waals surface area (Å²) in [4.78, 5) is 6.29. The quantitative estimate of drug-likeness (QED) is 0.323. The van der Waals surface area contributed by atoms with Crippen molar-refractivity contribution in [2.45, 2.75) is 12.8 Å². The van der Waals surface area contributed by atoms with E-state index in [4.69, 9.17) is 19.5 Å². The van der Waals surface area contributed by atoms with Crippen LogP contribution in [0.4, 0.5) is 10.3 Å². The Labute approximate surface area is 197 Å². The van der Waals surface area contributed by atoms with Crippen LogP contribution in [-0.2, 0) is 14.9 Å². The molecule has 182 valence electrons. The monoisotopic (exact) mass is 490 g/mol. The highest BCUT2D eigenvalue weighted by Crippen LogP contribution is 2.29. The van der Waals surface area contributed by atoms with E-state index in [2.05, 4.69) is 10.1 Å². The third kappa shape index (κ3) is 7.37. The summed E-state index contributed by atoms with van der Waals surface area (Å²) in [5.41, 5.74) is 9.30. The van der Waals surface area contributed by atoms with E-state index in [-0.39, 0.29) is 11.7 Å². The summed E-state index contributed by atoms with van der Waals surface area (Å²) >= 11 is 0. The number of aromatic nitrogens is 1. The smallest absolute Gasteiger partial charge is 0.261 e. The van der Waals surface area contributed by atoms with E-state index in [9.17, 15) is 12.8 Å². The highest BCUT2D eigenvalue weighted by atomic mass is 32.2. The molecule has 1 aromatic heterocycles. The number of hydrogen-bond donors (Lipinski definition) is 2. The number of hydrogen-bond acceptors (Lipinski definition) is 6. The number of morpholine rings is 1. The van der Waals surface area contributed by atoms with Gasteiger partial charge in [0.25, 0.3) is 16.0 Å². The van der Waals surface area contributed by atoms with Crippen LogP contribution in [0.1, 0.15) is 24.1 Å². The molecule has 0 amide bonds. The van der Waals surface area contributed by atoms with Gasteiger partial charge in [0, 0.05) is 30.6 Å². The molecule has 3 aromatic rings. The van der Waals surface area contributed by atoms with E-state index in [0.29, 0.717) is 50.0 Å². The molecule has 2 aromatic carbocycles. The van der Waals surface area contributed by atoms with E-state index >= 15 is 0 Å². The number of ether oxygens (including phenoxy) is 1. The summed E-state index contributed by atoms with van der Waals surface area (Å²) in [7, 11) is -3.67. The fraction of sp³-hybridized carbons (Fsp3) is 0.304. The maximum absolute atomic E-state index is 14.0. The first-order valence-electron chi connectivity index (χ1n) is 10.5. The molecule has 1 saturated heterocycles. The van der Waals surface area contributed by atoms with Crippen molar-refractivity contribution in [2.75, 3.05) is 32.6 Å². The molecule has 0 spiro atoms. The van der Waals surface area contributed by atoms with Crippen molar-refractivity contribution >= 4 is 22.0 Å². The number of guanidine groups is 1. The molecule has 1 aliphatic rings. The fourth-order valence-corrected chi connectivity index (χ4v) is 3.33. The number of nitrogens with zero attached hydrogens (tertiary/aromatic N) is 3. The molecule has 1 fully saturated rings. The Hall–Kier alpha value is -3.28. The van der Waals surface area contributed by atoms with Crippen LogP contribution >= 0.6 is 0 Å². The molecule has 0 aliphatic carbocycles. The molecule has 9 nitrogen and oxygen atoms in total. The van der Waals surface area contributed by atoms with Crippen LogP contribution in [0.25, 0.3) is 11.1 Å². The summed E-state index contributed by atoms with van der Waals surface area (Å²) in [5.74, 6) is 0.545. The summed E-state index contributed by atoms with van der Waals surface area (Å²) in [6.45, 7) is 4.73. The molecule has 11 heteroatoms. The van der Waals surface area contributed by atoms with E-state index < -0.39 is 10.1 Å². The molecule has 0 bridgehead atoms. The second-order valence-corrected chi connectivity index (χ2v) is 9.18. The summed E-state index contributed by atoms with van der Waals surface area (Å²) in [6.07, 6.45) is 0.715. The van der Waals surface area contributed by atoms with Gasteiger partial charge in [-0.3, -0.25) is 4.55 Å². The standard InChI is InChI=1S/C22H23FN4O2.CH4O3S/c1-15(16-6-8-17(9-7-16)18-4-2-3-5-19(18)23)20-14-21(29-26-20)25-22(24)27-10-12-28-13-11-27;1-5(2,3)4/h2-9,14-15H,10-13H2,1H3,(H2,24,25);1H3,(H,2,3,4). The number of nitrogens with two attached hydrogens (primary N) is 1. The second kappa shape index (κ2) is 11.2. The van der Waals surface area contributed by atoms with Gasteiger partial charge in [-0.15, -0.1) is 0 Å². The van der Waals surface area contributed by atoms with E-state index in [0.717, 1.165) is 16.8 Å². The summed E-state index contributed by atoms with van der Waals surface area (Å²) < 4.78 is 50.5. The van der Waals surface area contributed by atoms with Crippen molar-refractivity contribution in [2.24, 2.45) is 10.7 Å². The third-order valence-electron chi connectivity index (χ3n) is 5.11. The number of halogens is 1. The molecule has 2 heterocycles. The molecule has 34 heavy (non-hydrogen) atoms. The summed E-state index contributed by atoms with van der Waals surface area (Å²) in [6, 6.07) is 16.3. The highest BCUT2D eigenvalue weighted by molar-refractivity contribution is 7.85. The lowest BCUT2D eigenvalue weighted by molar-refractivity contribution is 0.0675. The Kier molecular flexibility index (Phi) is 8.37. The van der Waals surface area contributed by atoms with Crippen molar-refractivity contribution in [3.63, 3.8) is 0 Å². The molecule has 0 saturated carbocycles. The van der Waals surface area contributed by atoms with E-state index in [1.807, 2.05) is 42.2 Å². The molecule has 0 radical (unpaired) electrons. The Bertz CT molecular complexity index is 1210. The highest BCUT2D eigenvalue weighted by Gasteiger charge is 2.17. The van der Waals surface area contributed by atoms with Crippen LogP contribution in [0.2, 0.25) is 0 Å². The SMILES string of the molecule is CC(c1ccc(-c2ccccc2F)cc1)c1cc(/N=C(/N)N2CCOCC2)on1.CS(=O)(=O)O. The molecular formula is C23H27FN4O5S. The zero-order valence-corrected chi connectivity index (χ0v) is 19.7. The average Bonchev–Trinajstić information content (AvgIpc) is 3.27. The van der Waals surface area contributed by atoms with Crippen molar-refractivity contribution in [3.8, 4) is 11.1 Å². The van der Waals surface area contributed by atoms with E-state index in [1.165, 1.54) is 6.07 Å². The zero-order chi connectivity index (χ0) is 24.7.